The van der Waals surface area contributed by atoms with Gasteiger partial charge in [-0.2, -0.15) is 0 Å². The topological polar surface area (TPSA) is 36.9 Å². The zero-order valence-corrected chi connectivity index (χ0v) is 21.2. The van der Waals surface area contributed by atoms with Gasteiger partial charge in [-0.25, -0.2) is 0 Å². The summed E-state index contributed by atoms with van der Waals surface area (Å²) in [5, 5.41) is 2.56. The molecule has 2 aromatic rings. The van der Waals surface area contributed by atoms with Crippen LogP contribution < -0.4 is 20.1 Å². The molecule has 6 heteroatoms. The van der Waals surface area contributed by atoms with E-state index < -0.39 is 15.2 Å². The van der Waals surface area contributed by atoms with Crippen molar-refractivity contribution in [2.75, 3.05) is 27.8 Å². The highest BCUT2D eigenvalue weighted by atomic mass is 31.4. The van der Waals surface area contributed by atoms with Gasteiger partial charge in [-0.15, -0.1) is 0 Å². The van der Waals surface area contributed by atoms with Crippen LogP contribution in [0.3, 0.4) is 0 Å². The molecule has 0 unspecified atom stereocenters. The van der Waals surface area contributed by atoms with E-state index in [1.807, 2.05) is 0 Å². The molecule has 0 saturated heterocycles. The first-order chi connectivity index (χ1) is 13.6. The fourth-order valence-electron chi connectivity index (χ4n) is 3.66. The predicted molar refractivity (Wildman–Crippen MR) is 126 cm³/mol. The lowest BCUT2D eigenvalue weighted by molar-refractivity contribution is 0.0514. The lowest BCUT2D eigenvalue weighted by Crippen LogP contribution is -2.33. The van der Waals surface area contributed by atoms with Crippen molar-refractivity contribution in [3.05, 3.63) is 46.5 Å². The molecule has 0 aliphatic rings. The van der Waals surface area contributed by atoms with Gasteiger partial charge in [-0.1, -0.05) is 39.2 Å². The Morgan fingerprint density at radius 1 is 0.690 bits per heavy atom. The van der Waals surface area contributed by atoms with Crippen LogP contribution in [0.15, 0.2) is 24.3 Å². The Morgan fingerprint density at radius 2 is 1.07 bits per heavy atom. The summed E-state index contributed by atoms with van der Waals surface area (Å²) >= 11 is 0. The van der Waals surface area contributed by atoms with E-state index in [1.165, 1.54) is 21.7 Å². The van der Waals surface area contributed by atoms with Crippen LogP contribution in [-0.2, 0) is 9.47 Å². The predicted octanol–water partition coefficient (Wildman–Crippen LogP) is 5.15. The first kappa shape index (κ1) is 23.9. The van der Waals surface area contributed by atoms with E-state index in [9.17, 15) is 0 Å². The van der Waals surface area contributed by atoms with Crippen molar-refractivity contribution in [3.63, 3.8) is 0 Å². The summed E-state index contributed by atoms with van der Waals surface area (Å²) in [6, 6.07) is 8.94. The summed E-state index contributed by atoms with van der Waals surface area (Å²) in [4.78, 5) is 0. The third-order valence-corrected chi connectivity index (χ3v) is 13.0. The van der Waals surface area contributed by atoms with Crippen LogP contribution in [-0.4, -0.2) is 35.5 Å². The Balaban J connectivity index is 2.79. The van der Waals surface area contributed by atoms with Crippen LogP contribution in [0.1, 0.15) is 22.3 Å². The summed E-state index contributed by atoms with van der Waals surface area (Å²) in [5.74, 6) is 1.89. The van der Waals surface area contributed by atoms with Crippen LogP contribution in [0.4, 0.5) is 0 Å². The monoisotopic (exact) mass is 434 g/mol. The van der Waals surface area contributed by atoms with E-state index in [0.29, 0.717) is 0 Å². The van der Waals surface area contributed by atoms with Gasteiger partial charge in [0.15, 0.2) is 13.6 Å². The maximum Gasteiger partial charge on any atom is 0.188 e. The van der Waals surface area contributed by atoms with E-state index in [1.54, 1.807) is 14.2 Å². The second kappa shape index (κ2) is 10.1. The van der Waals surface area contributed by atoms with E-state index >= 15 is 0 Å². The van der Waals surface area contributed by atoms with Gasteiger partial charge in [0, 0.05) is 24.8 Å². The lowest BCUT2D eigenvalue weighted by Gasteiger charge is -2.34. The molecule has 160 valence electrons. The largest absolute Gasteiger partial charge is 0.467 e. The van der Waals surface area contributed by atoms with Crippen LogP contribution >= 0.6 is 7.47 Å². The standard InChI is InChI=1S/C23H35O4PSi/c1-16-10-18(3)22(26-14-24-5)20(12-16)28(29(7,8)9)21-13-17(2)11-19(4)23(21)27-15-25-6/h10-13H,14-15H2,1-9H3. The maximum atomic E-state index is 6.10. The number of benzene rings is 2. The zero-order chi connectivity index (χ0) is 21.8. The molecule has 2 aromatic carbocycles. The Labute approximate surface area is 178 Å². The second-order valence-corrected chi connectivity index (χ2v) is 19.8. The van der Waals surface area contributed by atoms with E-state index in [-0.39, 0.29) is 13.6 Å². The van der Waals surface area contributed by atoms with Crippen LogP contribution in [0.25, 0.3) is 0 Å². The molecular formula is C23H35O4PSi. The van der Waals surface area contributed by atoms with Crippen molar-refractivity contribution in [2.45, 2.75) is 47.3 Å². The number of rotatable bonds is 9. The van der Waals surface area contributed by atoms with Crippen LogP contribution in [0, 0.1) is 27.7 Å². The first-order valence-electron chi connectivity index (χ1n) is 9.86. The fourth-order valence-corrected chi connectivity index (χ4v) is 12.3. The van der Waals surface area contributed by atoms with E-state index in [2.05, 4.69) is 71.6 Å². The molecule has 0 radical (unpaired) electrons. The van der Waals surface area contributed by atoms with Crippen molar-refractivity contribution in [2.24, 2.45) is 0 Å². The van der Waals surface area contributed by atoms with E-state index in [4.69, 9.17) is 18.9 Å². The van der Waals surface area contributed by atoms with Gasteiger partial charge in [0.2, 0.25) is 0 Å². The molecule has 4 nitrogen and oxygen atoms in total. The van der Waals surface area contributed by atoms with Gasteiger partial charge in [0.1, 0.15) is 11.5 Å². The molecule has 0 amide bonds. The third-order valence-electron chi connectivity index (χ3n) is 4.59. The van der Waals surface area contributed by atoms with Crippen molar-refractivity contribution in [3.8, 4) is 11.5 Å². The van der Waals surface area contributed by atoms with Crippen molar-refractivity contribution >= 4 is 25.8 Å². The Kier molecular flexibility index (Phi) is 8.30. The van der Waals surface area contributed by atoms with Gasteiger partial charge in [0.25, 0.3) is 0 Å². The molecule has 0 aliphatic carbocycles. The molecule has 0 fully saturated rings. The number of methoxy groups -OCH3 is 2. The molecule has 0 aromatic heterocycles. The average molecular weight is 435 g/mol. The summed E-state index contributed by atoms with van der Waals surface area (Å²) in [6.45, 7) is 16.3. The average Bonchev–Trinajstić information content (AvgIpc) is 2.59. The number of aryl methyl sites for hydroxylation is 4. The zero-order valence-electron chi connectivity index (χ0n) is 19.3. The Bertz CT molecular complexity index is 782. The van der Waals surface area contributed by atoms with Crippen LogP contribution in [0.5, 0.6) is 11.5 Å². The summed E-state index contributed by atoms with van der Waals surface area (Å²) in [5.41, 5.74) is 4.78. The summed E-state index contributed by atoms with van der Waals surface area (Å²) in [7, 11) is 0.984. The molecule has 29 heavy (non-hydrogen) atoms. The molecule has 0 heterocycles. The summed E-state index contributed by atoms with van der Waals surface area (Å²) < 4.78 is 22.7. The third kappa shape index (κ3) is 5.82. The normalized spacial score (nSPS) is 11.8. The molecule has 0 spiro atoms. The highest BCUT2D eigenvalue weighted by molar-refractivity contribution is 8.04. The summed E-state index contributed by atoms with van der Waals surface area (Å²) in [6.07, 6.45) is 0. The van der Waals surface area contributed by atoms with Gasteiger partial charge in [-0.3, -0.25) is 0 Å². The minimum Gasteiger partial charge on any atom is -0.467 e. The molecular weight excluding hydrogens is 399 g/mol. The van der Waals surface area contributed by atoms with E-state index in [0.717, 1.165) is 22.6 Å². The SMILES string of the molecule is COCOc1c(C)cc(C)cc1P(c1cc(C)cc(C)c1OCOC)[Si](C)(C)C. The van der Waals surface area contributed by atoms with Gasteiger partial charge < -0.3 is 18.9 Å². The molecule has 0 atom stereocenters. The smallest absolute Gasteiger partial charge is 0.188 e. The van der Waals surface area contributed by atoms with Crippen LogP contribution in [0.2, 0.25) is 19.6 Å². The number of ether oxygens (including phenoxy) is 4. The molecule has 0 saturated carbocycles. The Hall–Kier alpha value is -1.39. The van der Waals surface area contributed by atoms with Crippen molar-refractivity contribution in [1.82, 2.24) is 0 Å². The second-order valence-electron chi connectivity index (χ2n) is 8.47. The number of hydrogen-bond donors (Lipinski definition) is 0. The lowest BCUT2D eigenvalue weighted by atomic mass is 10.1. The van der Waals surface area contributed by atoms with Gasteiger partial charge >= 0.3 is 0 Å². The first-order valence-corrected chi connectivity index (χ1v) is 15.5. The van der Waals surface area contributed by atoms with Gasteiger partial charge in [0.05, 0.1) is 7.74 Å². The minimum absolute atomic E-state index is 0.242. The Morgan fingerprint density at radius 3 is 1.38 bits per heavy atom. The molecule has 2 rings (SSSR count). The molecule has 0 N–H and O–H groups in total. The van der Waals surface area contributed by atoms with Crippen molar-refractivity contribution in [1.29, 1.82) is 0 Å². The highest BCUT2D eigenvalue weighted by Crippen LogP contribution is 2.50. The number of hydrogen-bond acceptors (Lipinski definition) is 4. The minimum atomic E-state index is -1.68. The highest BCUT2D eigenvalue weighted by Gasteiger charge is 2.35. The maximum absolute atomic E-state index is 6.10. The van der Waals surface area contributed by atoms with Gasteiger partial charge in [-0.05, 0) is 62.1 Å². The quantitative estimate of drug-likeness (QED) is 0.311. The molecule has 0 aliphatic heterocycles. The fraction of sp³-hybridized carbons (Fsp3) is 0.478. The van der Waals surface area contributed by atoms with Crippen molar-refractivity contribution < 1.29 is 18.9 Å². The molecule has 0 bridgehead atoms.